The van der Waals surface area contributed by atoms with Crippen molar-refractivity contribution in [1.82, 2.24) is 0 Å². The first-order chi connectivity index (χ1) is 10.3. The van der Waals surface area contributed by atoms with Gasteiger partial charge in [0.1, 0.15) is 5.75 Å². The SMILES string of the molecule is CCC1CCC2C1CCC1c3ccc(OC)cc3CCC12. The van der Waals surface area contributed by atoms with Gasteiger partial charge >= 0.3 is 0 Å². The van der Waals surface area contributed by atoms with Crippen LogP contribution in [0.4, 0.5) is 0 Å². The first kappa shape index (κ1) is 13.7. The average molecular weight is 284 g/mol. The number of hydrogen-bond donors (Lipinski definition) is 0. The van der Waals surface area contributed by atoms with E-state index in [1.165, 1.54) is 44.9 Å². The van der Waals surface area contributed by atoms with E-state index in [1.807, 2.05) is 0 Å². The van der Waals surface area contributed by atoms with E-state index in [-0.39, 0.29) is 0 Å². The lowest BCUT2D eigenvalue weighted by molar-refractivity contribution is 0.114. The smallest absolute Gasteiger partial charge is 0.119 e. The zero-order valence-electron chi connectivity index (χ0n) is 13.5. The van der Waals surface area contributed by atoms with Gasteiger partial charge in [-0.25, -0.2) is 0 Å². The molecule has 4 rings (SSSR count). The van der Waals surface area contributed by atoms with E-state index < -0.39 is 0 Å². The minimum Gasteiger partial charge on any atom is -0.497 e. The van der Waals surface area contributed by atoms with Crippen LogP contribution >= 0.6 is 0 Å². The van der Waals surface area contributed by atoms with Gasteiger partial charge in [-0.3, -0.25) is 0 Å². The fourth-order valence-electron chi connectivity index (χ4n) is 5.97. The Morgan fingerprint density at radius 1 is 1.00 bits per heavy atom. The number of hydrogen-bond acceptors (Lipinski definition) is 1. The van der Waals surface area contributed by atoms with E-state index in [1.54, 1.807) is 18.2 Å². The summed E-state index contributed by atoms with van der Waals surface area (Å²) >= 11 is 0. The van der Waals surface area contributed by atoms with E-state index in [4.69, 9.17) is 4.74 Å². The van der Waals surface area contributed by atoms with Gasteiger partial charge < -0.3 is 4.74 Å². The summed E-state index contributed by atoms with van der Waals surface area (Å²) < 4.78 is 5.41. The molecule has 0 amide bonds. The normalized spacial score (nSPS) is 37.5. The molecule has 1 heteroatoms. The topological polar surface area (TPSA) is 9.23 Å². The van der Waals surface area contributed by atoms with Crippen molar-refractivity contribution < 1.29 is 4.74 Å². The number of ether oxygens (including phenoxy) is 1. The second kappa shape index (κ2) is 5.34. The van der Waals surface area contributed by atoms with Crippen LogP contribution in [0.5, 0.6) is 5.75 Å². The van der Waals surface area contributed by atoms with Crippen LogP contribution in [-0.4, -0.2) is 7.11 Å². The van der Waals surface area contributed by atoms with Gasteiger partial charge in [0.05, 0.1) is 7.11 Å². The zero-order chi connectivity index (χ0) is 14.4. The first-order valence-electron chi connectivity index (χ1n) is 8.98. The molecule has 1 nitrogen and oxygen atoms in total. The molecular formula is C20H28O. The largest absolute Gasteiger partial charge is 0.497 e. The summed E-state index contributed by atoms with van der Waals surface area (Å²) in [5.74, 6) is 5.97. The Labute approximate surface area is 129 Å². The third-order valence-electron chi connectivity index (χ3n) is 6.93. The predicted octanol–water partition coefficient (Wildman–Crippen LogP) is 5.19. The molecule has 2 saturated carbocycles. The Kier molecular flexibility index (Phi) is 3.47. The van der Waals surface area contributed by atoms with Gasteiger partial charge in [0, 0.05) is 0 Å². The molecule has 3 aliphatic carbocycles. The quantitative estimate of drug-likeness (QED) is 0.726. The van der Waals surface area contributed by atoms with Crippen molar-refractivity contribution >= 4 is 0 Å². The molecule has 21 heavy (non-hydrogen) atoms. The van der Waals surface area contributed by atoms with Crippen LogP contribution < -0.4 is 4.74 Å². The van der Waals surface area contributed by atoms with Gasteiger partial charge in [-0.05, 0) is 91.4 Å². The maximum atomic E-state index is 5.41. The maximum Gasteiger partial charge on any atom is 0.119 e. The molecule has 0 N–H and O–H groups in total. The standard InChI is InChI=1S/C20H28O/c1-3-13-4-7-18-16(13)10-11-19-17-9-6-15(21-2)12-14(17)5-8-20(18)19/h6,9,12-13,16,18-20H,3-5,7-8,10-11H2,1-2H3. The Balaban J connectivity index is 1.62. The molecule has 0 aliphatic heterocycles. The molecule has 1 aromatic rings. The lowest BCUT2D eigenvalue weighted by Gasteiger charge is -2.45. The summed E-state index contributed by atoms with van der Waals surface area (Å²) in [6, 6.07) is 6.84. The second-order valence-corrected chi connectivity index (χ2v) is 7.52. The van der Waals surface area contributed by atoms with Crippen molar-refractivity contribution in [2.24, 2.45) is 23.7 Å². The highest BCUT2D eigenvalue weighted by Gasteiger charge is 2.47. The third kappa shape index (κ3) is 2.12. The molecule has 3 aliphatic rings. The van der Waals surface area contributed by atoms with Crippen LogP contribution in [0, 0.1) is 23.7 Å². The van der Waals surface area contributed by atoms with E-state index in [0.29, 0.717) is 0 Å². The van der Waals surface area contributed by atoms with Gasteiger partial charge in [-0.1, -0.05) is 19.4 Å². The molecule has 0 heterocycles. The molecule has 5 unspecified atom stereocenters. The lowest BCUT2D eigenvalue weighted by Crippen LogP contribution is -2.35. The minimum atomic E-state index is 0.844. The van der Waals surface area contributed by atoms with E-state index in [0.717, 1.165) is 35.3 Å². The van der Waals surface area contributed by atoms with Crippen molar-refractivity contribution in [3.05, 3.63) is 29.3 Å². The Bertz CT molecular complexity index is 521. The van der Waals surface area contributed by atoms with Crippen molar-refractivity contribution in [1.29, 1.82) is 0 Å². The molecular weight excluding hydrogens is 256 g/mol. The average Bonchev–Trinajstić information content (AvgIpc) is 2.97. The minimum absolute atomic E-state index is 0.844. The van der Waals surface area contributed by atoms with Crippen LogP contribution in [0.25, 0.3) is 0 Å². The first-order valence-corrected chi connectivity index (χ1v) is 8.98. The fourth-order valence-corrected chi connectivity index (χ4v) is 5.97. The fraction of sp³-hybridized carbons (Fsp3) is 0.700. The summed E-state index contributed by atoms with van der Waals surface area (Å²) in [5, 5.41) is 0. The zero-order valence-corrected chi connectivity index (χ0v) is 13.5. The third-order valence-corrected chi connectivity index (χ3v) is 6.93. The van der Waals surface area contributed by atoms with E-state index in [2.05, 4.69) is 25.1 Å². The molecule has 0 aromatic heterocycles. The highest BCUT2D eigenvalue weighted by Crippen LogP contribution is 2.57. The highest BCUT2D eigenvalue weighted by molar-refractivity contribution is 5.40. The van der Waals surface area contributed by atoms with Crippen LogP contribution in [-0.2, 0) is 6.42 Å². The van der Waals surface area contributed by atoms with Crippen molar-refractivity contribution in [2.75, 3.05) is 7.11 Å². The summed E-state index contributed by atoms with van der Waals surface area (Å²) in [7, 11) is 1.78. The predicted molar refractivity (Wildman–Crippen MR) is 86.8 cm³/mol. The number of fused-ring (bicyclic) bond motifs is 5. The van der Waals surface area contributed by atoms with Gasteiger partial charge in [0.15, 0.2) is 0 Å². The number of rotatable bonds is 2. The Hall–Kier alpha value is -0.980. The van der Waals surface area contributed by atoms with Crippen LogP contribution in [0.3, 0.4) is 0 Å². The Morgan fingerprint density at radius 3 is 2.67 bits per heavy atom. The van der Waals surface area contributed by atoms with Crippen molar-refractivity contribution in [3.63, 3.8) is 0 Å². The Morgan fingerprint density at radius 2 is 1.86 bits per heavy atom. The van der Waals surface area contributed by atoms with Gasteiger partial charge in [0.25, 0.3) is 0 Å². The van der Waals surface area contributed by atoms with Crippen LogP contribution in [0.2, 0.25) is 0 Å². The number of benzene rings is 1. The molecule has 1 aromatic carbocycles. The van der Waals surface area contributed by atoms with E-state index >= 15 is 0 Å². The lowest BCUT2D eigenvalue weighted by atomic mass is 9.60. The molecule has 0 radical (unpaired) electrons. The van der Waals surface area contributed by atoms with Crippen LogP contribution in [0.15, 0.2) is 18.2 Å². The molecule has 2 fully saturated rings. The summed E-state index contributed by atoms with van der Waals surface area (Å²) in [6.07, 6.45) is 10.0. The number of aryl methyl sites for hydroxylation is 1. The van der Waals surface area contributed by atoms with Crippen LogP contribution in [0.1, 0.15) is 62.5 Å². The molecule has 0 spiro atoms. The molecule has 0 saturated heterocycles. The van der Waals surface area contributed by atoms with Gasteiger partial charge in [-0.15, -0.1) is 0 Å². The number of methoxy groups -OCH3 is 1. The summed E-state index contributed by atoms with van der Waals surface area (Å²) in [4.78, 5) is 0. The monoisotopic (exact) mass is 284 g/mol. The highest BCUT2D eigenvalue weighted by atomic mass is 16.5. The van der Waals surface area contributed by atoms with E-state index in [9.17, 15) is 0 Å². The summed E-state index contributed by atoms with van der Waals surface area (Å²) in [5.41, 5.74) is 3.23. The van der Waals surface area contributed by atoms with Crippen molar-refractivity contribution in [2.45, 2.75) is 57.8 Å². The summed E-state index contributed by atoms with van der Waals surface area (Å²) in [6.45, 7) is 2.40. The molecule has 114 valence electrons. The second-order valence-electron chi connectivity index (χ2n) is 7.52. The van der Waals surface area contributed by atoms with Gasteiger partial charge in [-0.2, -0.15) is 0 Å². The maximum absolute atomic E-state index is 5.41. The molecule has 0 bridgehead atoms. The molecule has 5 atom stereocenters. The van der Waals surface area contributed by atoms with Crippen molar-refractivity contribution in [3.8, 4) is 5.75 Å². The van der Waals surface area contributed by atoms with Gasteiger partial charge in [0.2, 0.25) is 0 Å².